The predicted octanol–water partition coefficient (Wildman–Crippen LogP) is 5.80. The molecule has 0 radical (unpaired) electrons. The molecule has 52 heavy (non-hydrogen) atoms. The van der Waals surface area contributed by atoms with Crippen LogP contribution >= 0.6 is 0 Å². The number of carbonyl (C=O) groups excluding carboxylic acids is 3. The highest BCUT2D eigenvalue weighted by Crippen LogP contribution is 2.33. The number of anilines is 1. The number of halogens is 4. The zero-order valence-electron chi connectivity index (χ0n) is 27.6. The van der Waals surface area contributed by atoms with Crippen molar-refractivity contribution < 1.29 is 45.1 Å². The lowest BCUT2D eigenvalue weighted by Gasteiger charge is -2.15. The molecule has 11 nitrogen and oxygen atoms in total. The van der Waals surface area contributed by atoms with E-state index in [1.165, 1.54) is 49.6 Å². The van der Waals surface area contributed by atoms with Gasteiger partial charge in [-0.2, -0.15) is 18.3 Å². The fourth-order valence-electron chi connectivity index (χ4n) is 5.14. The zero-order chi connectivity index (χ0) is 37.6. The molecule has 0 atom stereocenters. The number of rotatable bonds is 12. The van der Waals surface area contributed by atoms with Gasteiger partial charge in [-0.25, -0.2) is 17.5 Å². The van der Waals surface area contributed by atoms with Crippen LogP contribution in [0.5, 0.6) is 5.75 Å². The topological polar surface area (TPSA) is 148 Å². The third-order valence-corrected chi connectivity index (χ3v) is 8.85. The van der Waals surface area contributed by atoms with Crippen LogP contribution in [0.1, 0.15) is 38.5 Å². The van der Waals surface area contributed by atoms with Gasteiger partial charge in [0.2, 0.25) is 5.91 Å². The van der Waals surface area contributed by atoms with Crippen molar-refractivity contribution in [3.8, 4) is 22.6 Å². The van der Waals surface area contributed by atoms with Crippen LogP contribution in [0, 0.1) is 5.82 Å². The maximum atomic E-state index is 15.4. The second kappa shape index (κ2) is 15.5. The number of aromatic nitrogens is 2. The molecule has 3 amide bonds. The normalized spacial score (nSPS) is 11.5. The number of nitrogens with zero attached hydrogens (tertiary/aromatic N) is 2. The summed E-state index contributed by atoms with van der Waals surface area (Å²) < 4.78 is 87.4. The van der Waals surface area contributed by atoms with Crippen molar-refractivity contribution in [1.82, 2.24) is 20.4 Å². The SMILES string of the molecule is COc1ccc(-n2nc(C(F)(F)F)cc2C(=O)Nc2ccc(-c3ccccc3S(C)(=O)=O)cc2F)c(C(=O)NCCC(=O)NCc2ccccc2)c1. The number of sulfone groups is 1. The molecule has 0 unspecified atom stereocenters. The molecule has 3 N–H and O–H groups in total. The molecule has 1 aromatic heterocycles. The quantitative estimate of drug-likeness (QED) is 0.137. The van der Waals surface area contributed by atoms with E-state index >= 15 is 4.39 Å². The Labute approximate surface area is 295 Å². The van der Waals surface area contributed by atoms with Gasteiger partial charge in [0.25, 0.3) is 11.8 Å². The van der Waals surface area contributed by atoms with Crippen LogP contribution in [0.2, 0.25) is 0 Å². The monoisotopic (exact) mass is 737 g/mol. The summed E-state index contributed by atoms with van der Waals surface area (Å²) in [6, 6.07) is 22.7. The van der Waals surface area contributed by atoms with Crippen molar-refractivity contribution in [2.24, 2.45) is 0 Å². The summed E-state index contributed by atoms with van der Waals surface area (Å²) in [5.41, 5.74) is -1.84. The van der Waals surface area contributed by atoms with E-state index in [4.69, 9.17) is 4.74 Å². The van der Waals surface area contributed by atoms with Crippen LogP contribution in [0.3, 0.4) is 0 Å². The second-order valence-corrected chi connectivity index (χ2v) is 13.4. The lowest BCUT2D eigenvalue weighted by Crippen LogP contribution is -2.31. The summed E-state index contributed by atoms with van der Waals surface area (Å²) >= 11 is 0. The van der Waals surface area contributed by atoms with Gasteiger partial charge < -0.3 is 20.7 Å². The standard InChI is InChI=1S/C36H31F4N5O6S/c1-51-24-13-15-29(26(19-24)34(47)41-17-16-33(46)42-21-22-8-4-3-5-9-22)45-30(20-32(44-45)36(38,39)40)35(48)43-28-14-12-23(18-27(28)37)25-10-6-7-11-31(25)52(2,49)50/h3-15,18-20H,16-17,21H2,1-2H3,(H,41,47)(H,42,46)(H,43,48). The van der Waals surface area contributed by atoms with Gasteiger partial charge in [-0.05, 0) is 47.5 Å². The van der Waals surface area contributed by atoms with Gasteiger partial charge in [-0.1, -0.05) is 54.6 Å². The van der Waals surface area contributed by atoms with E-state index in [0.717, 1.165) is 24.0 Å². The Balaban J connectivity index is 1.41. The fraction of sp³-hybridized carbons (Fsp3) is 0.167. The summed E-state index contributed by atoms with van der Waals surface area (Å²) in [4.78, 5) is 39.2. The van der Waals surface area contributed by atoms with E-state index in [0.29, 0.717) is 10.7 Å². The number of alkyl halides is 3. The summed E-state index contributed by atoms with van der Waals surface area (Å²) in [6.07, 6.45) is -4.13. The van der Waals surface area contributed by atoms with Crippen molar-refractivity contribution >= 4 is 33.2 Å². The molecule has 0 aliphatic rings. The van der Waals surface area contributed by atoms with E-state index in [1.807, 2.05) is 30.3 Å². The molecular weight excluding hydrogens is 706 g/mol. The number of hydrogen-bond acceptors (Lipinski definition) is 7. The van der Waals surface area contributed by atoms with Gasteiger partial charge in [-0.3, -0.25) is 14.4 Å². The number of carbonyl (C=O) groups is 3. The van der Waals surface area contributed by atoms with Crippen LogP contribution in [0.25, 0.3) is 16.8 Å². The molecule has 0 spiro atoms. The maximum Gasteiger partial charge on any atom is 0.435 e. The highest BCUT2D eigenvalue weighted by molar-refractivity contribution is 7.90. The first-order chi connectivity index (χ1) is 24.7. The Morgan fingerprint density at radius 2 is 1.58 bits per heavy atom. The Kier molecular flexibility index (Phi) is 11.1. The summed E-state index contributed by atoms with van der Waals surface area (Å²) in [6.45, 7) is 0.130. The van der Waals surface area contributed by atoms with Crippen molar-refractivity contribution in [2.75, 3.05) is 25.2 Å². The van der Waals surface area contributed by atoms with Crippen LogP contribution in [0.15, 0.2) is 102 Å². The molecule has 270 valence electrons. The third-order valence-electron chi connectivity index (χ3n) is 7.69. The van der Waals surface area contributed by atoms with Crippen LogP contribution in [-0.2, 0) is 27.4 Å². The first-order valence-corrected chi connectivity index (χ1v) is 17.4. The molecule has 0 aliphatic carbocycles. The second-order valence-electron chi connectivity index (χ2n) is 11.4. The number of ether oxygens (including phenoxy) is 1. The molecule has 0 bridgehead atoms. The van der Waals surface area contributed by atoms with Gasteiger partial charge in [-0.15, -0.1) is 0 Å². The van der Waals surface area contributed by atoms with Crippen LogP contribution < -0.4 is 20.7 Å². The van der Waals surface area contributed by atoms with Gasteiger partial charge in [0.1, 0.15) is 17.3 Å². The first-order valence-electron chi connectivity index (χ1n) is 15.5. The highest BCUT2D eigenvalue weighted by Gasteiger charge is 2.37. The minimum Gasteiger partial charge on any atom is -0.497 e. The van der Waals surface area contributed by atoms with E-state index in [2.05, 4.69) is 21.0 Å². The number of nitrogens with one attached hydrogen (secondary N) is 3. The lowest BCUT2D eigenvalue weighted by molar-refractivity contribution is -0.141. The van der Waals surface area contributed by atoms with E-state index in [1.54, 1.807) is 6.07 Å². The smallest absolute Gasteiger partial charge is 0.435 e. The fourth-order valence-corrected chi connectivity index (χ4v) is 6.05. The average molecular weight is 738 g/mol. The van der Waals surface area contributed by atoms with Crippen molar-refractivity contribution in [1.29, 1.82) is 0 Å². The summed E-state index contributed by atoms with van der Waals surface area (Å²) in [5.74, 6) is -3.23. The molecule has 0 aliphatic heterocycles. The molecule has 0 fully saturated rings. The van der Waals surface area contributed by atoms with Gasteiger partial charge in [0.15, 0.2) is 15.5 Å². The Hall–Kier alpha value is -6.03. The van der Waals surface area contributed by atoms with E-state index < -0.39 is 50.7 Å². The van der Waals surface area contributed by atoms with Gasteiger partial charge in [0.05, 0.1) is 28.9 Å². The molecule has 5 aromatic rings. The number of benzene rings is 4. The molecule has 0 saturated heterocycles. The summed E-state index contributed by atoms with van der Waals surface area (Å²) in [7, 11) is -2.38. The Bertz CT molecular complexity index is 2240. The Morgan fingerprint density at radius 3 is 2.25 bits per heavy atom. The molecule has 16 heteroatoms. The molecular formula is C36H31F4N5O6S. The van der Waals surface area contributed by atoms with Crippen molar-refractivity contribution in [3.05, 3.63) is 125 Å². The lowest BCUT2D eigenvalue weighted by atomic mass is 10.0. The molecule has 5 rings (SSSR count). The average Bonchev–Trinajstić information content (AvgIpc) is 3.58. The summed E-state index contributed by atoms with van der Waals surface area (Å²) in [5, 5.41) is 11.1. The first kappa shape index (κ1) is 37.2. The number of methoxy groups -OCH3 is 1. The maximum absolute atomic E-state index is 15.4. The highest BCUT2D eigenvalue weighted by atomic mass is 32.2. The van der Waals surface area contributed by atoms with E-state index in [-0.39, 0.29) is 58.4 Å². The molecule has 4 aromatic carbocycles. The van der Waals surface area contributed by atoms with Gasteiger partial charge >= 0.3 is 6.18 Å². The molecule has 0 saturated carbocycles. The Morgan fingerprint density at radius 1 is 0.865 bits per heavy atom. The van der Waals surface area contributed by atoms with E-state index in [9.17, 15) is 36.0 Å². The van der Waals surface area contributed by atoms with Crippen molar-refractivity contribution in [3.63, 3.8) is 0 Å². The minimum absolute atomic E-state index is 0.0552. The largest absolute Gasteiger partial charge is 0.497 e. The van der Waals surface area contributed by atoms with Crippen molar-refractivity contribution in [2.45, 2.75) is 24.0 Å². The molecule has 1 heterocycles. The third kappa shape index (κ3) is 8.81. The zero-order valence-corrected chi connectivity index (χ0v) is 28.4. The van der Waals surface area contributed by atoms with Gasteiger partial charge in [0, 0.05) is 37.4 Å². The minimum atomic E-state index is -5.01. The van der Waals surface area contributed by atoms with Crippen LogP contribution in [-0.4, -0.2) is 55.8 Å². The van der Waals surface area contributed by atoms with Crippen LogP contribution in [0.4, 0.5) is 23.2 Å². The predicted molar refractivity (Wildman–Crippen MR) is 183 cm³/mol. The number of amides is 3. The number of hydrogen-bond donors (Lipinski definition) is 3.